The summed E-state index contributed by atoms with van der Waals surface area (Å²) in [6.45, 7) is 0.0262. The number of sulfonamides is 1. The van der Waals surface area contributed by atoms with E-state index in [9.17, 15) is 13.5 Å². The van der Waals surface area contributed by atoms with Gasteiger partial charge in [0.15, 0.2) is 0 Å². The molecular weight excluding hydrogens is 294 g/mol. The number of halogens is 1. The zero-order valence-corrected chi connectivity index (χ0v) is 12.2. The summed E-state index contributed by atoms with van der Waals surface area (Å²) >= 11 is 6.80. The first kappa shape index (κ1) is 14.3. The third-order valence-electron chi connectivity index (χ3n) is 3.26. The van der Waals surface area contributed by atoms with Crippen molar-refractivity contribution in [3.63, 3.8) is 0 Å². The fourth-order valence-electron chi connectivity index (χ4n) is 2.28. The zero-order valence-electron chi connectivity index (χ0n) is 9.80. The van der Waals surface area contributed by atoms with Crippen LogP contribution in [0.25, 0.3) is 0 Å². The second-order valence-electron chi connectivity index (χ2n) is 4.51. The van der Waals surface area contributed by atoms with Gasteiger partial charge in [0.25, 0.3) is 0 Å². The molecule has 1 aliphatic carbocycles. The third-order valence-corrected chi connectivity index (χ3v) is 6.48. The van der Waals surface area contributed by atoms with Gasteiger partial charge in [-0.25, -0.2) is 13.1 Å². The van der Waals surface area contributed by atoms with Crippen LogP contribution in [0.4, 0.5) is 0 Å². The quantitative estimate of drug-likeness (QED) is 0.896. The Kier molecular flexibility index (Phi) is 4.66. The molecule has 0 unspecified atom stereocenters. The van der Waals surface area contributed by atoms with Gasteiger partial charge in [0, 0.05) is 12.6 Å². The molecule has 0 amide bonds. The van der Waals surface area contributed by atoms with E-state index in [-0.39, 0.29) is 22.8 Å². The van der Waals surface area contributed by atoms with Gasteiger partial charge in [-0.05, 0) is 30.9 Å². The maximum Gasteiger partial charge on any atom is 0.250 e. The zero-order chi connectivity index (χ0) is 13.2. The van der Waals surface area contributed by atoms with E-state index in [0.29, 0.717) is 4.34 Å². The van der Waals surface area contributed by atoms with Crippen LogP contribution in [0.3, 0.4) is 0 Å². The number of rotatable bonds is 4. The molecule has 0 spiro atoms. The van der Waals surface area contributed by atoms with E-state index in [4.69, 9.17) is 11.6 Å². The van der Waals surface area contributed by atoms with Crippen molar-refractivity contribution >= 4 is 33.0 Å². The van der Waals surface area contributed by atoms with Crippen LogP contribution in [-0.2, 0) is 10.0 Å². The maximum atomic E-state index is 12.1. The van der Waals surface area contributed by atoms with Gasteiger partial charge >= 0.3 is 0 Å². The molecule has 18 heavy (non-hydrogen) atoms. The largest absolute Gasteiger partial charge is 0.396 e. The summed E-state index contributed by atoms with van der Waals surface area (Å²) in [5, 5.41) is 9.28. The molecule has 1 aromatic rings. The molecule has 0 radical (unpaired) electrons. The highest BCUT2D eigenvalue weighted by molar-refractivity contribution is 7.91. The van der Waals surface area contributed by atoms with Crippen LogP contribution < -0.4 is 4.72 Å². The van der Waals surface area contributed by atoms with Crippen molar-refractivity contribution in [2.75, 3.05) is 6.61 Å². The number of aliphatic hydroxyl groups excluding tert-OH is 1. The smallest absolute Gasteiger partial charge is 0.250 e. The molecule has 2 atom stereocenters. The van der Waals surface area contributed by atoms with Gasteiger partial charge in [-0.1, -0.05) is 24.4 Å². The first-order valence-electron chi connectivity index (χ1n) is 5.91. The minimum Gasteiger partial charge on any atom is -0.396 e. The number of thiophene rings is 1. The van der Waals surface area contributed by atoms with Crippen LogP contribution >= 0.6 is 22.9 Å². The minimum absolute atomic E-state index is 0.0176. The molecule has 0 aliphatic heterocycles. The highest BCUT2D eigenvalue weighted by Gasteiger charge is 2.29. The molecule has 0 bridgehead atoms. The molecule has 1 saturated carbocycles. The van der Waals surface area contributed by atoms with Crippen molar-refractivity contribution in [2.24, 2.45) is 5.92 Å². The second kappa shape index (κ2) is 5.88. The van der Waals surface area contributed by atoms with Crippen LogP contribution in [0.5, 0.6) is 0 Å². The van der Waals surface area contributed by atoms with E-state index in [0.717, 1.165) is 37.0 Å². The summed E-state index contributed by atoms with van der Waals surface area (Å²) in [4.78, 5) is 0. The topological polar surface area (TPSA) is 66.4 Å². The van der Waals surface area contributed by atoms with Crippen molar-refractivity contribution in [1.29, 1.82) is 0 Å². The lowest BCUT2D eigenvalue weighted by Crippen LogP contribution is -2.43. The Morgan fingerprint density at radius 1 is 1.39 bits per heavy atom. The predicted octanol–water partition coefficient (Wildman–Crippen LogP) is 2.23. The third kappa shape index (κ3) is 3.24. The van der Waals surface area contributed by atoms with E-state index in [1.54, 1.807) is 6.07 Å². The molecule has 1 heterocycles. The lowest BCUT2D eigenvalue weighted by molar-refractivity contribution is 0.164. The summed E-state index contributed by atoms with van der Waals surface area (Å²) < 4.78 is 27.6. The molecule has 1 fully saturated rings. The monoisotopic (exact) mass is 309 g/mol. The molecule has 1 aromatic heterocycles. The summed E-state index contributed by atoms with van der Waals surface area (Å²) in [5.74, 6) is 0.0176. The number of aliphatic hydroxyl groups is 1. The normalized spacial score (nSPS) is 25.2. The first-order valence-corrected chi connectivity index (χ1v) is 8.59. The van der Waals surface area contributed by atoms with Crippen molar-refractivity contribution in [3.8, 4) is 0 Å². The fraction of sp³-hybridized carbons (Fsp3) is 0.636. The molecule has 7 heteroatoms. The predicted molar refractivity (Wildman–Crippen MR) is 72.5 cm³/mol. The molecule has 2 N–H and O–H groups in total. The molecule has 2 rings (SSSR count). The van der Waals surface area contributed by atoms with E-state index < -0.39 is 10.0 Å². The first-order chi connectivity index (χ1) is 8.53. The van der Waals surface area contributed by atoms with Crippen molar-refractivity contribution in [3.05, 3.63) is 16.5 Å². The fourth-order valence-corrected chi connectivity index (χ4v) is 5.12. The molecule has 4 nitrogen and oxygen atoms in total. The Balaban J connectivity index is 2.12. The van der Waals surface area contributed by atoms with Crippen molar-refractivity contribution in [1.82, 2.24) is 4.72 Å². The van der Waals surface area contributed by atoms with Crippen LogP contribution in [0.1, 0.15) is 25.7 Å². The molecule has 1 aliphatic rings. The molecular formula is C11H16ClNO3S2. The Morgan fingerprint density at radius 3 is 2.72 bits per heavy atom. The van der Waals surface area contributed by atoms with Crippen molar-refractivity contribution in [2.45, 2.75) is 35.9 Å². The van der Waals surface area contributed by atoms with E-state index in [1.165, 1.54) is 6.07 Å². The Morgan fingerprint density at radius 2 is 2.11 bits per heavy atom. The Labute approximate surface area is 116 Å². The SMILES string of the molecule is O=S(=O)(N[C@H]1CCCC[C@@H]1CO)c1ccc(Cl)s1. The highest BCUT2D eigenvalue weighted by Crippen LogP contribution is 2.28. The van der Waals surface area contributed by atoms with E-state index in [2.05, 4.69) is 4.72 Å². The summed E-state index contributed by atoms with van der Waals surface area (Å²) in [6, 6.07) is 2.91. The second-order valence-corrected chi connectivity index (χ2v) is 8.17. The summed E-state index contributed by atoms with van der Waals surface area (Å²) in [6.07, 6.45) is 3.70. The summed E-state index contributed by atoms with van der Waals surface area (Å²) in [5.41, 5.74) is 0. The van der Waals surface area contributed by atoms with E-state index >= 15 is 0 Å². The van der Waals surface area contributed by atoms with Crippen LogP contribution in [-0.4, -0.2) is 26.2 Å². The minimum atomic E-state index is -3.51. The Hall–Kier alpha value is -0.140. The molecule has 102 valence electrons. The van der Waals surface area contributed by atoms with Crippen molar-refractivity contribution < 1.29 is 13.5 Å². The van der Waals surface area contributed by atoms with Gasteiger partial charge in [0.05, 0.1) is 4.34 Å². The van der Waals surface area contributed by atoms with Crippen LogP contribution in [0, 0.1) is 5.92 Å². The maximum absolute atomic E-state index is 12.1. The van der Waals surface area contributed by atoms with Gasteiger partial charge in [-0.3, -0.25) is 0 Å². The van der Waals surface area contributed by atoms with Gasteiger partial charge in [-0.2, -0.15) is 0 Å². The average molecular weight is 310 g/mol. The number of hydrogen-bond donors (Lipinski definition) is 2. The standard InChI is InChI=1S/C11H16ClNO3S2/c12-10-5-6-11(17-10)18(15,16)13-9-4-2-1-3-8(9)7-14/h5-6,8-9,13-14H,1-4,7H2/t8-,9+/m1/s1. The van der Waals surface area contributed by atoms with Gasteiger partial charge < -0.3 is 5.11 Å². The lowest BCUT2D eigenvalue weighted by atomic mass is 9.86. The number of hydrogen-bond acceptors (Lipinski definition) is 4. The highest BCUT2D eigenvalue weighted by atomic mass is 35.5. The Bertz CT molecular complexity index is 500. The lowest BCUT2D eigenvalue weighted by Gasteiger charge is -2.30. The average Bonchev–Trinajstić information content (AvgIpc) is 2.77. The molecule has 0 aromatic carbocycles. The van der Waals surface area contributed by atoms with Gasteiger partial charge in [0.2, 0.25) is 10.0 Å². The van der Waals surface area contributed by atoms with Gasteiger partial charge in [-0.15, -0.1) is 11.3 Å². The molecule has 0 saturated heterocycles. The van der Waals surface area contributed by atoms with Gasteiger partial charge in [0.1, 0.15) is 4.21 Å². The summed E-state index contributed by atoms with van der Waals surface area (Å²) in [7, 11) is -3.51. The van der Waals surface area contributed by atoms with Crippen LogP contribution in [0.2, 0.25) is 4.34 Å². The van der Waals surface area contributed by atoms with E-state index in [1.807, 2.05) is 0 Å². The van der Waals surface area contributed by atoms with Crippen LogP contribution in [0.15, 0.2) is 16.3 Å². The number of nitrogens with one attached hydrogen (secondary N) is 1.